The molecule has 2 heterocycles. The van der Waals surface area contributed by atoms with Crippen LogP contribution in [0.1, 0.15) is 37.6 Å². The van der Waals surface area contributed by atoms with Crippen molar-refractivity contribution in [2.24, 2.45) is 5.73 Å². The fraction of sp³-hybridized carbons (Fsp3) is 0.583. The summed E-state index contributed by atoms with van der Waals surface area (Å²) < 4.78 is 0. The maximum Gasteiger partial charge on any atom is 0.226 e. The van der Waals surface area contributed by atoms with Crippen LogP contribution in [-0.4, -0.2) is 28.4 Å². The van der Waals surface area contributed by atoms with E-state index in [0.29, 0.717) is 11.7 Å². The van der Waals surface area contributed by atoms with Crippen molar-refractivity contribution >= 4 is 11.8 Å². The van der Waals surface area contributed by atoms with Crippen LogP contribution in [0.15, 0.2) is 6.07 Å². The largest absolute Gasteiger partial charge is 0.382 e. The molecule has 0 amide bonds. The smallest absolute Gasteiger partial charge is 0.226 e. The molecule has 92 valence electrons. The van der Waals surface area contributed by atoms with Gasteiger partial charge in [0.2, 0.25) is 5.95 Å². The third-order valence-corrected chi connectivity index (χ3v) is 3.22. The van der Waals surface area contributed by atoms with Gasteiger partial charge in [0.1, 0.15) is 11.5 Å². The first-order valence-corrected chi connectivity index (χ1v) is 6.08. The molecule has 1 aliphatic heterocycles. The number of nitrogens with zero attached hydrogens (tertiary/aromatic N) is 3. The molecule has 0 spiro atoms. The Labute approximate surface area is 102 Å². The number of nitrogens with one attached hydrogen (secondary N) is 1. The van der Waals surface area contributed by atoms with Crippen LogP contribution in [0.25, 0.3) is 0 Å². The van der Waals surface area contributed by atoms with Crippen molar-refractivity contribution in [3.05, 3.63) is 17.5 Å². The lowest BCUT2D eigenvalue weighted by atomic mass is 10.2. The average molecular weight is 233 g/mol. The zero-order valence-electron chi connectivity index (χ0n) is 10.4. The maximum absolute atomic E-state index is 7.46. The Balaban J connectivity index is 2.34. The number of anilines is 1. The molecule has 0 bridgehead atoms. The van der Waals surface area contributed by atoms with E-state index in [9.17, 15) is 0 Å². The zero-order chi connectivity index (χ0) is 12.4. The summed E-state index contributed by atoms with van der Waals surface area (Å²) in [5.74, 6) is 0.726. The first-order valence-electron chi connectivity index (χ1n) is 6.08. The van der Waals surface area contributed by atoms with Gasteiger partial charge >= 0.3 is 0 Å². The van der Waals surface area contributed by atoms with Crippen LogP contribution < -0.4 is 10.6 Å². The monoisotopic (exact) mass is 233 g/mol. The van der Waals surface area contributed by atoms with Crippen LogP contribution in [0, 0.1) is 12.3 Å². The van der Waals surface area contributed by atoms with Crippen molar-refractivity contribution in [2.75, 3.05) is 11.4 Å². The molecule has 0 aliphatic carbocycles. The number of aromatic nitrogens is 2. The predicted octanol–water partition coefficient (Wildman–Crippen LogP) is 1.45. The van der Waals surface area contributed by atoms with Crippen molar-refractivity contribution in [2.45, 2.75) is 39.2 Å². The first-order chi connectivity index (χ1) is 8.11. The Bertz CT molecular complexity index is 429. The lowest BCUT2D eigenvalue weighted by Gasteiger charge is -2.24. The van der Waals surface area contributed by atoms with Gasteiger partial charge in [-0.05, 0) is 32.3 Å². The third kappa shape index (κ3) is 2.38. The van der Waals surface area contributed by atoms with Gasteiger partial charge in [-0.2, -0.15) is 0 Å². The Morgan fingerprint density at radius 3 is 3.00 bits per heavy atom. The third-order valence-electron chi connectivity index (χ3n) is 3.22. The van der Waals surface area contributed by atoms with E-state index in [1.54, 1.807) is 6.07 Å². The molecular weight excluding hydrogens is 214 g/mol. The van der Waals surface area contributed by atoms with E-state index in [2.05, 4.69) is 21.8 Å². The molecule has 1 unspecified atom stereocenters. The molecule has 2 rings (SSSR count). The van der Waals surface area contributed by atoms with Crippen LogP contribution in [0.3, 0.4) is 0 Å². The summed E-state index contributed by atoms with van der Waals surface area (Å²) in [6.07, 6.45) is 3.49. The number of aryl methyl sites for hydroxylation is 1. The highest BCUT2D eigenvalue weighted by Gasteiger charge is 2.25. The van der Waals surface area contributed by atoms with Crippen molar-refractivity contribution in [1.29, 1.82) is 5.41 Å². The molecular formula is C12H19N5. The van der Waals surface area contributed by atoms with Crippen molar-refractivity contribution in [3.63, 3.8) is 0 Å². The van der Waals surface area contributed by atoms with Gasteiger partial charge in [0.05, 0.1) is 0 Å². The highest BCUT2D eigenvalue weighted by atomic mass is 15.3. The first kappa shape index (κ1) is 11.8. The van der Waals surface area contributed by atoms with Gasteiger partial charge in [0, 0.05) is 18.3 Å². The van der Waals surface area contributed by atoms with Crippen LogP contribution in [0.4, 0.5) is 5.95 Å². The van der Waals surface area contributed by atoms with Gasteiger partial charge in [-0.1, -0.05) is 6.92 Å². The van der Waals surface area contributed by atoms with Gasteiger partial charge in [-0.25, -0.2) is 9.97 Å². The molecule has 1 atom stereocenters. The molecule has 1 saturated heterocycles. The molecule has 1 fully saturated rings. The molecule has 3 N–H and O–H groups in total. The Hall–Kier alpha value is -1.65. The van der Waals surface area contributed by atoms with E-state index in [1.165, 1.54) is 12.8 Å². The molecule has 0 radical (unpaired) electrons. The number of rotatable bonds is 3. The highest BCUT2D eigenvalue weighted by molar-refractivity contribution is 5.93. The van der Waals surface area contributed by atoms with Gasteiger partial charge in [0.25, 0.3) is 0 Å². The molecule has 1 aromatic heterocycles. The van der Waals surface area contributed by atoms with E-state index in [4.69, 9.17) is 11.1 Å². The molecule has 17 heavy (non-hydrogen) atoms. The Morgan fingerprint density at radius 2 is 2.35 bits per heavy atom. The molecule has 1 aromatic rings. The number of nitrogen functional groups attached to an aromatic ring is 1. The fourth-order valence-electron chi connectivity index (χ4n) is 2.34. The van der Waals surface area contributed by atoms with Crippen molar-refractivity contribution in [3.8, 4) is 0 Å². The van der Waals surface area contributed by atoms with Crippen LogP contribution in [-0.2, 0) is 0 Å². The summed E-state index contributed by atoms with van der Waals surface area (Å²) in [6.45, 7) is 5.10. The van der Waals surface area contributed by atoms with E-state index in [0.717, 1.165) is 24.6 Å². The SMILES string of the molecule is CCC1CCCN1c1nc(C)cc(C(=N)N)n1. The fourth-order valence-corrected chi connectivity index (χ4v) is 2.34. The molecule has 5 nitrogen and oxygen atoms in total. The lowest BCUT2D eigenvalue weighted by Crippen LogP contribution is -2.31. The van der Waals surface area contributed by atoms with Crippen LogP contribution >= 0.6 is 0 Å². The summed E-state index contributed by atoms with van der Waals surface area (Å²) >= 11 is 0. The number of amidine groups is 1. The van der Waals surface area contributed by atoms with Gasteiger partial charge in [0.15, 0.2) is 0 Å². The summed E-state index contributed by atoms with van der Waals surface area (Å²) in [6, 6.07) is 2.28. The Kier molecular flexibility index (Phi) is 3.26. The summed E-state index contributed by atoms with van der Waals surface area (Å²) in [7, 11) is 0. The van der Waals surface area contributed by atoms with Gasteiger partial charge in [-0.15, -0.1) is 0 Å². The number of nitrogens with two attached hydrogens (primary N) is 1. The van der Waals surface area contributed by atoms with Gasteiger partial charge in [-0.3, -0.25) is 5.41 Å². The van der Waals surface area contributed by atoms with Crippen LogP contribution in [0.2, 0.25) is 0 Å². The van der Waals surface area contributed by atoms with Gasteiger partial charge < -0.3 is 10.6 Å². The molecule has 0 saturated carbocycles. The average Bonchev–Trinajstić information content (AvgIpc) is 2.76. The summed E-state index contributed by atoms with van der Waals surface area (Å²) in [5, 5.41) is 7.46. The standard InChI is InChI=1S/C12H19N5/c1-3-9-5-4-6-17(9)12-15-8(2)7-10(16-12)11(13)14/h7,9H,3-6H2,1-2H3,(H3,13,14). The predicted molar refractivity (Wildman–Crippen MR) is 68.4 cm³/mol. The molecule has 0 aromatic carbocycles. The minimum absolute atomic E-state index is 0.00370. The Morgan fingerprint density at radius 1 is 1.59 bits per heavy atom. The van der Waals surface area contributed by atoms with E-state index < -0.39 is 0 Å². The second-order valence-electron chi connectivity index (χ2n) is 4.51. The quantitative estimate of drug-likeness (QED) is 0.611. The highest BCUT2D eigenvalue weighted by Crippen LogP contribution is 2.24. The second kappa shape index (κ2) is 4.69. The minimum Gasteiger partial charge on any atom is -0.382 e. The molecule has 1 aliphatic rings. The van der Waals surface area contributed by atoms with Crippen LogP contribution in [0.5, 0.6) is 0 Å². The van der Waals surface area contributed by atoms with E-state index in [-0.39, 0.29) is 5.84 Å². The second-order valence-corrected chi connectivity index (χ2v) is 4.51. The zero-order valence-corrected chi connectivity index (χ0v) is 10.4. The topological polar surface area (TPSA) is 78.9 Å². The summed E-state index contributed by atoms with van der Waals surface area (Å²) in [4.78, 5) is 11.1. The maximum atomic E-state index is 7.46. The number of hydrogen-bond acceptors (Lipinski definition) is 4. The minimum atomic E-state index is 0.00370. The normalized spacial score (nSPS) is 19.6. The lowest BCUT2D eigenvalue weighted by molar-refractivity contribution is 0.633. The van der Waals surface area contributed by atoms with E-state index in [1.807, 2.05) is 6.92 Å². The summed E-state index contributed by atoms with van der Waals surface area (Å²) in [5.41, 5.74) is 6.88. The van der Waals surface area contributed by atoms with E-state index >= 15 is 0 Å². The molecule has 5 heteroatoms. The van der Waals surface area contributed by atoms with Crippen molar-refractivity contribution in [1.82, 2.24) is 9.97 Å². The number of hydrogen-bond donors (Lipinski definition) is 2. The van der Waals surface area contributed by atoms with Crippen molar-refractivity contribution < 1.29 is 0 Å².